The van der Waals surface area contributed by atoms with E-state index in [2.05, 4.69) is 10.3 Å². The lowest BCUT2D eigenvalue weighted by Crippen LogP contribution is -2.22. The van der Waals surface area contributed by atoms with Crippen LogP contribution in [0.4, 0.5) is 5.69 Å². The molecule has 8 heteroatoms. The molecule has 0 saturated carbocycles. The first-order chi connectivity index (χ1) is 15.6. The number of benzene rings is 3. The first-order valence-electron chi connectivity index (χ1n) is 9.81. The van der Waals surface area contributed by atoms with Gasteiger partial charge in [-0.1, -0.05) is 48.2 Å². The summed E-state index contributed by atoms with van der Waals surface area (Å²) in [7, 11) is 3.08. The van der Waals surface area contributed by atoms with Crippen LogP contribution >= 0.6 is 11.8 Å². The zero-order valence-corrected chi connectivity index (χ0v) is 18.4. The van der Waals surface area contributed by atoms with Crippen molar-refractivity contribution in [3.05, 3.63) is 83.4 Å². The lowest BCUT2D eigenvalue weighted by atomic mass is 10.1. The summed E-state index contributed by atoms with van der Waals surface area (Å²) in [6, 6.07) is 18.8. The molecule has 0 aliphatic rings. The van der Waals surface area contributed by atoms with Gasteiger partial charge in [-0.2, -0.15) is 0 Å². The molecule has 3 aromatic carbocycles. The predicted molar refractivity (Wildman–Crippen MR) is 126 cm³/mol. The zero-order chi connectivity index (χ0) is 22.5. The highest BCUT2D eigenvalue weighted by molar-refractivity contribution is 7.99. The maximum Gasteiger partial charge on any atom is 0.287 e. The third kappa shape index (κ3) is 4.45. The molecular weight excluding hydrogens is 426 g/mol. The number of thioether (sulfide) groups is 1. The predicted octanol–water partition coefficient (Wildman–Crippen LogP) is 4.13. The summed E-state index contributed by atoms with van der Waals surface area (Å²) in [5, 5.41) is 5.05. The molecule has 0 fully saturated rings. The minimum Gasteiger partial charge on any atom is -0.493 e. The van der Waals surface area contributed by atoms with E-state index in [1.165, 1.54) is 7.11 Å². The first-order valence-corrected chi connectivity index (χ1v) is 10.8. The molecule has 0 spiro atoms. The van der Waals surface area contributed by atoms with Gasteiger partial charge in [-0.15, -0.1) is 0 Å². The van der Waals surface area contributed by atoms with Gasteiger partial charge in [-0.3, -0.25) is 14.2 Å². The Morgan fingerprint density at radius 2 is 1.81 bits per heavy atom. The molecule has 32 heavy (non-hydrogen) atoms. The molecule has 0 bridgehead atoms. The summed E-state index contributed by atoms with van der Waals surface area (Å²) in [5.74, 6) is 0.864. The molecule has 1 aromatic heterocycles. The number of nitrogens with zero attached hydrogens (tertiary/aromatic N) is 2. The average Bonchev–Trinajstić information content (AvgIpc) is 2.83. The summed E-state index contributed by atoms with van der Waals surface area (Å²) in [5.41, 5.74) is 1.07. The molecule has 1 heterocycles. The van der Waals surface area contributed by atoms with Gasteiger partial charge in [0.05, 0.1) is 25.7 Å². The number of hydrogen-bond donors (Lipinski definition) is 1. The topological polar surface area (TPSA) is 82.5 Å². The Bertz CT molecular complexity index is 1330. The SMILES string of the molecule is COc1ccc(NC(=O)CSc2nccn(-c3cccc4ccccc34)c2=O)cc1OC. The highest BCUT2D eigenvalue weighted by atomic mass is 32.2. The van der Waals surface area contributed by atoms with Crippen LogP contribution < -0.4 is 20.3 Å². The van der Waals surface area contributed by atoms with Gasteiger partial charge in [0.1, 0.15) is 0 Å². The number of fused-ring (bicyclic) bond motifs is 1. The number of aromatic nitrogens is 2. The minimum atomic E-state index is -0.271. The van der Waals surface area contributed by atoms with Crippen LogP contribution in [0, 0.1) is 0 Å². The zero-order valence-electron chi connectivity index (χ0n) is 17.6. The van der Waals surface area contributed by atoms with Crippen LogP contribution in [-0.4, -0.2) is 35.4 Å². The summed E-state index contributed by atoms with van der Waals surface area (Å²) in [4.78, 5) is 29.7. The molecular formula is C24H21N3O4S. The van der Waals surface area contributed by atoms with Gasteiger partial charge in [0.2, 0.25) is 5.91 Å². The van der Waals surface area contributed by atoms with Crippen LogP contribution in [0.5, 0.6) is 11.5 Å². The molecule has 0 saturated heterocycles. The Morgan fingerprint density at radius 1 is 1.03 bits per heavy atom. The number of anilines is 1. The van der Waals surface area contributed by atoms with Crippen LogP contribution in [0.3, 0.4) is 0 Å². The highest BCUT2D eigenvalue weighted by Gasteiger charge is 2.13. The summed E-state index contributed by atoms with van der Waals surface area (Å²) < 4.78 is 12.0. The van der Waals surface area contributed by atoms with Crippen molar-refractivity contribution in [1.29, 1.82) is 0 Å². The van der Waals surface area contributed by atoms with E-state index >= 15 is 0 Å². The second kappa shape index (κ2) is 9.57. The smallest absolute Gasteiger partial charge is 0.287 e. The monoisotopic (exact) mass is 447 g/mol. The molecule has 0 aliphatic carbocycles. The summed E-state index contributed by atoms with van der Waals surface area (Å²) in [6.45, 7) is 0. The number of nitrogens with one attached hydrogen (secondary N) is 1. The van der Waals surface area contributed by atoms with E-state index in [9.17, 15) is 9.59 Å². The van der Waals surface area contributed by atoms with Crippen molar-refractivity contribution in [3.63, 3.8) is 0 Å². The molecule has 1 N–H and O–H groups in total. The largest absolute Gasteiger partial charge is 0.493 e. The van der Waals surface area contributed by atoms with E-state index in [1.807, 2.05) is 42.5 Å². The molecule has 0 atom stereocenters. The number of rotatable bonds is 7. The molecule has 4 aromatic rings. The van der Waals surface area contributed by atoms with Crippen LogP contribution in [-0.2, 0) is 4.79 Å². The number of hydrogen-bond acceptors (Lipinski definition) is 6. The Hall–Kier alpha value is -3.78. The third-order valence-corrected chi connectivity index (χ3v) is 5.80. The van der Waals surface area contributed by atoms with Crippen LogP contribution in [0.15, 0.2) is 82.9 Å². The Morgan fingerprint density at radius 3 is 2.62 bits per heavy atom. The van der Waals surface area contributed by atoms with Crippen molar-refractivity contribution >= 4 is 34.1 Å². The first kappa shape index (κ1) is 21.5. The normalized spacial score (nSPS) is 10.7. The average molecular weight is 448 g/mol. The number of ether oxygens (including phenoxy) is 2. The second-order valence-electron chi connectivity index (χ2n) is 6.81. The Kier molecular flexibility index (Phi) is 6.42. The fraction of sp³-hybridized carbons (Fsp3) is 0.125. The molecule has 1 amide bonds. The Balaban J connectivity index is 1.51. The lowest BCUT2D eigenvalue weighted by Gasteiger charge is -2.11. The van der Waals surface area contributed by atoms with Crippen LogP contribution in [0.1, 0.15) is 0 Å². The van der Waals surface area contributed by atoms with Crippen molar-refractivity contribution in [3.8, 4) is 17.2 Å². The van der Waals surface area contributed by atoms with Gasteiger partial charge >= 0.3 is 0 Å². The van der Waals surface area contributed by atoms with Gasteiger partial charge in [-0.05, 0) is 23.6 Å². The van der Waals surface area contributed by atoms with Crippen molar-refractivity contribution in [1.82, 2.24) is 9.55 Å². The number of carbonyl (C=O) groups excluding carboxylic acids is 1. The highest BCUT2D eigenvalue weighted by Crippen LogP contribution is 2.30. The van der Waals surface area contributed by atoms with E-state index in [0.29, 0.717) is 17.2 Å². The summed E-state index contributed by atoms with van der Waals surface area (Å²) in [6.07, 6.45) is 3.20. The number of amides is 1. The lowest BCUT2D eigenvalue weighted by molar-refractivity contribution is -0.113. The molecule has 4 rings (SSSR count). The van der Waals surface area contributed by atoms with Gasteiger partial charge in [0.15, 0.2) is 16.5 Å². The number of methoxy groups -OCH3 is 2. The van der Waals surface area contributed by atoms with Crippen molar-refractivity contribution in [2.24, 2.45) is 0 Å². The van der Waals surface area contributed by atoms with Gasteiger partial charge in [0.25, 0.3) is 5.56 Å². The van der Waals surface area contributed by atoms with E-state index in [4.69, 9.17) is 9.47 Å². The molecule has 0 aliphatic heterocycles. The van der Waals surface area contributed by atoms with E-state index in [-0.39, 0.29) is 22.2 Å². The maximum absolute atomic E-state index is 13.1. The molecule has 0 unspecified atom stereocenters. The number of carbonyl (C=O) groups is 1. The van der Waals surface area contributed by atoms with Gasteiger partial charge < -0.3 is 14.8 Å². The summed E-state index contributed by atoms with van der Waals surface area (Å²) >= 11 is 1.09. The van der Waals surface area contributed by atoms with Gasteiger partial charge in [0, 0.05) is 29.5 Å². The minimum absolute atomic E-state index is 0.0378. The molecule has 0 radical (unpaired) electrons. The van der Waals surface area contributed by atoms with Gasteiger partial charge in [-0.25, -0.2) is 4.98 Å². The standard InChI is InChI=1S/C24H21N3O4S/c1-30-20-11-10-17(14-21(20)31-2)26-22(28)15-32-23-24(29)27(13-12-25-23)19-9-5-7-16-6-3-4-8-18(16)19/h3-14H,15H2,1-2H3,(H,26,28). The van der Waals surface area contributed by atoms with Crippen LogP contribution in [0.25, 0.3) is 16.5 Å². The van der Waals surface area contributed by atoms with Crippen LogP contribution in [0.2, 0.25) is 0 Å². The van der Waals surface area contributed by atoms with E-state index < -0.39 is 0 Å². The van der Waals surface area contributed by atoms with Crippen molar-refractivity contribution in [2.45, 2.75) is 5.03 Å². The van der Waals surface area contributed by atoms with E-state index in [0.717, 1.165) is 28.2 Å². The maximum atomic E-state index is 13.1. The third-order valence-electron chi connectivity index (χ3n) is 4.84. The van der Waals surface area contributed by atoms with Crippen molar-refractivity contribution in [2.75, 3.05) is 25.3 Å². The fourth-order valence-electron chi connectivity index (χ4n) is 3.35. The second-order valence-corrected chi connectivity index (χ2v) is 7.78. The fourth-order valence-corrected chi connectivity index (χ4v) is 4.04. The van der Waals surface area contributed by atoms with E-state index in [1.54, 1.807) is 42.3 Å². The molecule has 162 valence electrons. The quantitative estimate of drug-likeness (QED) is 0.429. The Labute approximate surface area is 189 Å². The molecule has 7 nitrogen and oxygen atoms in total. The van der Waals surface area contributed by atoms with Crippen molar-refractivity contribution < 1.29 is 14.3 Å².